The van der Waals surface area contributed by atoms with Crippen LogP contribution in [0.5, 0.6) is 0 Å². The van der Waals surface area contributed by atoms with Gasteiger partial charge in [0.1, 0.15) is 24.4 Å². The predicted octanol–water partition coefficient (Wildman–Crippen LogP) is -1.37. The van der Waals surface area contributed by atoms with E-state index in [1.807, 2.05) is 0 Å². The summed E-state index contributed by atoms with van der Waals surface area (Å²) >= 11 is 0. The second-order valence-electron chi connectivity index (χ2n) is 6.76. The molecule has 0 bridgehead atoms. The average molecular weight is 552 g/mol. The van der Waals surface area contributed by atoms with Crippen molar-refractivity contribution in [1.82, 2.24) is 5.32 Å². The van der Waals surface area contributed by atoms with Crippen molar-refractivity contribution in [3.63, 3.8) is 0 Å². The number of hydrogen-bond acceptors (Lipinski definition) is 12. The van der Waals surface area contributed by atoms with Gasteiger partial charge in [0.05, 0.1) is 13.2 Å². The molecule has 0 spiro atoms. The number of ether oxygens (including phenoxy) is 2. The van der Waals surface area contributed by atoms with Crippen molar-refractivity contribution in [1.29, 1.82) is 0 Å². The topological polar surface area (TPSA) is 238 Å². The van der Waals surface area contributed by atoms with Gasteiger partial charge in [-0.2, -0.15) is 25.3 Å². The molecule has 19 heteroatoms. The highest BCUT2D eigenvalue weighted by Gasteiger charge is 2.52. The highest BCUT2D eigenvalue weighted by atomic mass is 32.3. The van der Waals surface area contributed by atoms with Gasteiger partial charge in [-0.15, -0.1) is 0 Å². The van der Waals surface area contributed by atoms with Crippen molar-refractivity contribution >= 4 is 37.1 Å². The number of amides is 1. The Morgan fingerprint density at radius 3 is 2.00 bits per heavy atom. The minimum absolute atomic E-state index is 0.212. The summed E-state index contributed by atoms with van der Waals surface area (Å²) in [5, 5.41) is 2.20. The molecule has 1 saturated heterocycles. The predicted molar refractivity (Wildman–Crippen MR) is 108 cm³/mol. The number of hydrogen-bond donors (Lipinski definition) is 4. The fourth-order valence-corrected chi connectivity index (χ4v) is 4.32. The molecule has 34 heavy (non-hydrogen) atoms. The van der Waals surface area contributed by atoms with Crippen LogP contribution >= 0.6 is 0 Å². The third-order valence-electron chi connectivity index (χ3n) is 4.12. The molecule has 1 amide bonds. The number of carbonyl (C=O) groups excluding carboxylic acids is 1. The van der Waals surface area contributed by atoms with Gasteiger partial charge in [0, 0.05) is 6.92 Å². The van der Waals surface area contributed by atoms with Crippen LogP contribution in [-0.2, 0) is 64.6 Å². The van der Waals surface area contributed by atoms with Crippen molar-refractivity contribution in [2.45, 2.75) is 44.2 Å². The van der Waals surface area contributed by atoms with Crippen LogP contribution in [0.1, 0.15) is 12.5 Å². The van der Waals surface area contributed by atoms with E-state index in [0.717, 1.165) is 6.92 Å². The van der Waals surface area contributed by atoms with Gasteiger partial charge in [0.25, 0.3) is 0 Å². The Hall–Kier alpha value is -1.78. The Labute approximate surface area is 195 Å². The number of benzene rings is 1. The molecule has 0 aliphatic carbocycles. The van der Waals surface area contributed by atoms with Crippen molar-refractivity contribution in [3.8, 4) is 0 Å². The minimum atomic E-state index is -5.38. The first-order valence-corrected chi connectivity index (χ1v) is 13.1. The third-order valence-corrected chi connectivity index (χ3v) is 5.48. The van der Waals surface area contributed by atoms with E-state index >= 15 is 0 Å². The second kappa shape index (κ2) is 11.3. The summed E-state index contributed by atoms with van der Waals surface area (Å²) in [6, 6.07) is 6.59. The Bertz CT molecular complexity index is 1150. The maximum atomic E-state index is 11.7. The molecule has 0 radical (unpaired) electrons. The average Bonchev–Trinajstić information content (AvgIpc) is 2.66. The van der Waals surface area contributed by atoms with Crippen LogP contribution in [0.15, 0.2) is 30.3 Å². The lowest BCUT2D eigenvalue weighted by Gasteiger charge is -2.44. The smallest absolute Gasteiger partial charge is 0.346 e. The minimum Gasteiger partial charge on any atom is -0.346 e. The van der Waals surface area contributed by atoms with Gasteiger partial charge in [0.2, 0.25) is 5.91 Å². The van der Waals surface area contributed by atoms with E-state index in [-0.39, 0.29) is 6.61 Å². The molecule has 1 aliphatic rings. The van der Waals surface area contributed by atoms with E-state index in [4.69, 9.17) is 18.6 Å². The highest BCUT2D eigenvalue weighted by Crippen LogP contribution is 2.30. The number of nitrogens with one attached hydrogen (secondary N) is 1. The van der Waals surface area contributed by atoms with Crippen LogP contribution in [0, 0.1) is 0 Å². The molecule has 0 saturated carbocycles. The first-order chi connectivity index (χ1) is 15.5. The maximum absolute atomic E-state index is 11.7. The van der Waals surface area contributed by atoms with E-state index in [2.05, 4.69) is 17.9 Å². The quantitative estimate of drug-likeness (QED) is 0.232. The normalized spacial score (nSPS) is 26.2. The fraction of sp³-hybridized carbons (Fsp3) is 0.533. The zero-order chi connectivity index (χ0) is 25.7. The molecule has 1 heterocycles. The number of rotatable bonds is 11. The molecule has 0 aromatic heterocycles. The van der Waals surface area contributed by atoms with Gasteiger partial charge in [-0.05, 0) is 5.56 Å². The van der Waals surface area contributed by atoms with Gasteiger partial charge < -0.3 is 14.8 Å². The van der Waals surface area contributed by atoms with Crippen molar-refractivity contribution in [3.05, 3.63) is 35.9 Å². The van der Waals surface area contributed by atoms with Crippen molar-refractivity contribution in [2.75, 3.05) is 6.61 Å². The van der Waals surface area contributed by atoms with E-state index < -0.39 is 74.4 Å². The van der Waals surface area contributed by atoms with Crippen LogP contribution in [-0.4, -0.2) is 82.1 Å². The molecular weight excluding hydrogens is 530 g/mol. The maximum Gasteiger partial charge on any atom is 0.397 e. The molecule has 1 aromatic carbocycles. The van der Waals surface area contributed by atoms with Crippen LogP contribution < -0.4 is 5.32 Å². The molecule has 1 aromatic rings. The molecule has 1 unspecified atom stereocenters. The fourth-order valence-electron chi connectivity index (χ4n) is 2.98. The summed E-state index contributed by atoms with van der Waals surface area (Å²) in [5.74, 6) is -0.816. The summed E-state index contributed by atoms with van der Waals surface area (Å²) in [4.78, 5) is 11.7. The van der Waals surface area contributed by atoms with Gasteiger partial charge in [-0.3, -0.25) is 18.5 Å². The Kier molecular flexibility index (Phi) is 9.46. The van der Waals surface area contributed by atoms with Crippen LogP contribution in [0.2, 0.25) is 0 Å². The largest absolute Gasteiger partial charge is 0.397 e. The van der Waals surface area contributed by atoms with Crippen LogP contribution in [0.4, 0.5) is 0 Å². The summed E-state index contributed by atoms with van der Waals surface area (Å²) in [6.07, 6.45) is -8.01. The summed E-state index contributed by atoms with van der Waals surface area (Å²) < 4.78 is 119. The molecule has 5 atom stereocenters. The monoisotopic (exact) mass is 551 g/mol. The Morgan fingerprint density at radius 2 is 1.50 bits per heavy atom. The SMILES string of the molecule is CC(=O)N[C@H]1C(OCc2ccccc2)O[C@H](COS(=O)(=O)O)[C@H](OS(=O)(=O)O)[C@@H]1OS(=O)(=O)O. The van der Waals surface area contributed by atoms with Crippen molar-refractivity contribution in [2.24, 2.45) is 0 Å². The lowest BCUT2D eigenvalue weighted by Crippen LogP contribution is -2.66. The molecule has 194 valence electrons. The standard InChI is InChI=1S/C15H21NO15S3/c1-9(17)16-12-14(31-34(24,25)26)13(30-33(21,22)23)11(8-28-32(18,19)20)29-15(12)27-7-10-5-3-2-4-6-10/h2-6,11-15H,7-8H2,1H3,(H,16,17)(H,18,19,20)(H,21,22,23)(H,24,25,26)/t11-,12-,13+,14-,15?/m1/s1. The molecule has 1 fully saturated rings. The summed E-state index contributed by atoms with van der Waals surface area (Å²) in [7, 11) is -15.9. The lowest BCUT2D eigenvalue weighted by molar-refractivity contribution is -0.264. The molecule has 16 nitrogen and oxygen atoms in total. The Morgan fingerprint density at radius 1 is 0.941 bits per heavy atom. The Balaban J connectivity index is 2.49. The molecule has 4 N–H and O–H groups in total. The van der Waals surface area contributed by atoms with E-state index in [0.29, 0.717) is 5.56 Å². The van der Waals surface area contributed by atoms with Gasteiger partial charge >= 0.3 is 31.2 Å². The van der Waals surface area contributed by atoms with Gasteiger partial charge in [0.15, 0.2) is 6.29 Å². The lowest BCUT2D eigenvalue weighted by atomic mass is 9.97. The van der Waals surface area contributed by atoms with Gasteiger partial charge in [-0.1, -0.05) is 30.3 Å². The number of carbonyl (C=O) groups is 1. The van der Waals surface area contributed by atoms with Gasteiger partial charge in [-0.25, -0.2) is 12.5 Å². The molecule has 2 rings (SSSR count). The van der Waals surface area contributed by atoms with Crippen LogP contribution in [0.25, 0.3) is 0 Å². The molecule has 1 aliphatic heterocycles. The van der Waals surface area contributed by atoms with Crippen molar-refractivity contribution < 1.29 is 65.7 Å². The zero-order valence-electron chi connectivity index (χ0n) is 17.2. The first-order valence-electron chi connectivity index (χ1n) is 9.05. The first kappa shape index (κ1) is 28.5. The highest BCUT2D eigenvalue weighted by molar-refractivity contribution is 7.81. The summed E-state index contributed by atoms with van der Waals surface area (Å²) in [6.45, 7) is -0.414. The van der Waals surface area contributed by atoms with E-state index in [9.17, 15) is 34.6 Å². The van der Waals surface area contributed by atoms with E-state index in [1.54, 1.807) is 30.3 Å². The summed E-state index contributed by atoms with van der Waals surface area (Å²) in [5.41, 5.74) is 0.571. The zero-order valence-corrected chi connectivity index (χ0v) is 19.6. The van der Waals surface area contributed by atoms with Crippen LogP contribution in [0.3, 0.4) is 0 Å². The second-order valence-corrected chi connectivity index (χ2v) is 9.94. The van der Waals surface area contributed by atoms with E-state index in [1.165, 1.54) is 0 Å². The molecular formula is C15H21NO15S3. The third kappa shape index (κ3) is 9.84.